The summed E-state index contributed by atoms with van der Waals surface area (Å²) in [5.41, 5.74) is 1.14. The van der Waals surface area contributed by atoms with Crippen LogP contribution in [0.25, 0.3) is 0 Å². The van der Waals surface area contributed by atoms with Crippen LogP contribution in [0.4, 0.5) is 0 Å². The molecule has 0 aliphatic carbocycles. The van der Waals surface area contributed by atoms with Gasteiger partial charge in [0.15, 0.2) is 0 Å². The molecule has 27 heavy (non-hydrogen) atoms. The van der Waals surface area contributed by atoms with Crippen LogP contribution in [0.15, 0.2) is 48.5 Å². The molecule has 140 valence electrons. The molecule has 0 atom stereocenters. The summed E-state index contributed by atoms with van der Waals surface area (Å²) in [5, 5.41) is 0. The summed E-state index contributed by atoms with van der Waals surface area (Å²) in [6, 6.07) is 13.3. The Balaban J connectivity index is 1.51. The van der Waals surface area contributed by atoms with Crippen LogP contribution in [0.1, 0.15) is 44.9 Å². The molecular formula is C21H21NO5. The lowest BCUT2D eigenvalue weighted by Gasteiger charge is -2.14. The van der Waals surface area contributed by atoms with E-state index >= 15 is 0 Å². The van der Waals surface area contributed by atoms with Crippen molar-refractivity contribution in [3.05, 3.63) is 65.2 Å². The number of hydrogen-bond donors (Lipinski definition) is 0. The average Bonchev–Trinajstić information content (AvgIpc) is 2.92. The summed E-state index contributed by atoms with van der Waals surface area (Å²) < 4.78 is 10.8. The first-order chi connectivity index (χ1) is 13.0. The van der Waals surface area contributed by atoms with Crippen molar-refractivity contribution in [2.45, 2.75) is 13.8 Å². The molecule has 1 heterocycles. The van der Waals surface area contributed by atoms with E-state index in [-0.39, 0.29) is 25.0 Å². The molecule has 0 aromatic heterocycles. The Kier molecular flexibility index (Phi) is 5.54. The molecule has 2 aromatic rings. The summed E-state index contributed by atoms with van der Waals surface area (Å²) >= 11 is 0. The largest absolute Gasteiger partial charge is 0.493 e. The topological polar surface area (TPSA) is 72.9 Å². The molecule has 0 saturated heterocycles. The number of esters is 1. The molecule has 0 N–H and O–H groups in total. The van der Waals surface area contributed by atoms with Crippen LogP contribution in [0.3, 0.4) is 0 Å². The second kappa shape index (κ2) is 8.03. The third-order valence-electron chi connectivity index (χ3n) is 4.10. The van der Waals surface area contributed by atoms with Gasteiger partial charge in [-0.05, 0) is 42.3 Å². The van der Waals surface area contributed by atoms with Crippen LogP contribution in [0.2, 0.25) is 0 Å². The number of imide groups is 1. The molecular weight excluding hydrogens is 346 g/mol. The molecule has 2 amide bonds. The number of rotatable bonds is 7. The van der Waals surface area contributed by atoms with Crippen LogP contribution in [0.5, 0.6) is 5.75 Å². The van der Waals surface area contributed by atoms with Crippen molar-refractivity contribution in [2.75, 3.05) is 19.8 Å². The fraction of sp³-hybridized carbons (Fsp3) is 0.286. The van der Waals surface area contributed by atoms with E-state index in [0.29, 0.717) is 35.0 Å². The summed E-state index contributed by atoms with van der Waals surface area (Å²) in [4.78, 5) is 37.7. The predicted octanol–water partition coefficient (Wildman–Crippen LogP) is 3.17. The average molecular weight is 367 g/mol. The molecule has 0 saturated carbocycles. The highest BCUT2D eigenvalue weighted by Gasteiger charge is 2.34. The fourth-order valence-electron chi connectivity index (χ4n) is 2.71. The van der Waals surface area contributed by atoms with Crippen molar-refractivity contribution in [1.29, 1.82) is 0 Å². The second-order valence-electron chi connectivity index (χ2n) is 6.67. The summed E-state index contributed by atoms with van der Waals surface area (Å²) in [6.45, 7) is 4.67. The number of carbonyl (C=O) groups is 3. The maximum Gasteiger partial charge on any atom is 0.338 e. The molecule has 0 radical (unpaired) electrons. The third-order valence-corrected chi connectivity index (χ3v) is 4.10. The number of amides is 2. The summed E-state index contributed by atoms with van der Waals surface area (Å²) in [6.07, 6.45) is 0. The normalized spacial score (nSPS) is 13.1. The van der Waals surface area contributed by atoms with E-state index in [0.717, 1.165) is 4.90 Å². The number of hydrogen-bond acceptors (Lipinski definition) is 5. The second-order valence-corrected chi connectivity index (χ2v) is 6.67. The van der Waals surface area contributed by atoms with E-state index in [1.54, 1.807) is 48.5 Å². The van der Waals surface area contributed by atoms with Crippen molar-refractivity contribution < 1.29 is 23.9 Å². The molecule has 0 unspecified atom stereocenters. The van der Waals surface area contributed by atoms with Gasteiger partial charge in [-0.2, -0.15) is 0 Å². The lowest BCUT2D eigenvalue weighted by Crippen LogP contribution is -2.33. The van der Waals surface area contributed by atoms with Crippen LogP contribution in [0, 0.1) is 5.92 Å². The van der Waals surface area contributed by atoms with E-state index < -0.39 is 5.97 Å². The van der Waals surface area contributed by atoms with Crippen molar-refractivity contribution >= 4 is 17.8 Å². The lowest BCUT2D eigenvalue weighted by molar-refractivity contribution is 0.0420. The van der Waals surface area contributed by atoms with Gasteiger partial charge in [0.25, 0.3) is 11.8 Å². The Morgan fingerprint density at radius 1 is 0.963 bits per heavy atom. The van der Waals surface area contributed by atoms with Crippen molar-refractivity contribution in [2.24, 2.45) is 5.92 Å². The van der Waals surface area contributed by atoms with Gasteiger partial charge in [-0.15, -0.1) is 0 Å². The molecule has 6 heteroatoms. The number of fused-ring (bicyclic) bond motifs is 1. The van der Waals surface area contributed by atoms with Crippen molar-refractivity contribution in [1.82, 2.24) is 4.90 Å². The minimum atomic E-state index is -0.512. The van der Waals surface area contributed by atoms with Gasteiger partial charge in [0.1, 0.15) is 12.4 Å². The van der Waals surface area contributed by atoms with Crippen molar-refractivity contribution in [3.63, 3.8) is 0 Å². The lowest BCUT2D eigenvalue weighted by atomic mass is 10.1. The molecule has 2 aromatic carbocycles. The smallest absolute Gasteiger partial charge is 0.338 e. The van der Waals surface area contributed by atoms with Gasteiger partial charge in [-0.25, -0.2) is 4.79 Å². The Bertz CT molecular complexity index is 822. The standard InChI is InChI=1S/C21H21NO5/c1-14(2)13-27-16-9-7-15(8-10-16)21(25)26-12-11-22-19(23)17-5-3-4-6-18(17)20(22)24/h3-10,14H,11-13H2,1-2H3. The van der Waals surface area contributed by atoms with E-state index in [4.69, 9.17) is 9.47 Å². The zero-order valence-corrected chi connectivity index (χ0v) is 15.3. The van der Waals surface area contributed by atoms with Gasteiger partial charge in [0.2, 0.25) is 0 Å². The molecule has 1 aliphatic rings. The van der Waals surface area contributed by atoms with Crippen molar-refractivity contribution in [3.8, 4) is 5.75 Å². The van der Waals surface area contributed by atoms with Crippen LogP contribution in [-0.4, -0.2) is 42.4 Å². The molecule has 0 spiro atoms. The Morgan fingerprint density at radius 2 is 1.56 bits per heavy atom. The molecule has 3 rings (SSSR count). The molecule has 0 fully saturated rings. The van der Waals surface area contributed by atoms with Gasteiger partial charge in [-0.3, -0.25) is 14.5 Å². The van der Waals surface area contributed by atoms with Gasteiger partial charge < -0.3 is 9.47 Å². The highest BCUT2D eigenvalue weighted by atomic mass is 16.5. The predicted molar refractivity (Wildman–Crippen MR) is 98.9 cm³/mol. The van der Waals surface area contributed by atoms with Gasteiger partial charge in [0, 0.05) is 0 Å². The first-order valence-electron chi connectivity index (χ1n) is 8.82. The Labute approximate surface area is 157 Å². The zero-order chi connectivity index (χ0) is 19.4. The fourth-order valence-corrected chi connectivity index (χ4v) is 2.71. The van der Waals surface area contributed by atoms with Gasteiger partial charge in [0.05, 0.1) is 29.8 Å². The summed E-state index contributed by atoms with van der Waals surface area (Å²) in [7, 11) is 0. The number of ether oxygens (including phenoxy) is 2. The number of benzene rings is 2. The number of nitrogens with zero attached hydrogens (tertiary/aromatic N) is 1. The Hall–Kier alpha value is -3.15. The van der Waals surface area contributed by atoms with E-state index in [1.807, 2.05) is 0 Å². The zero-order valence-electron chi connectivity index (χ0n) is 15.3. The van der Waals surface area contributed by atoms with Gasteiger partial charge in [-0.1, -0.05) is 26.0 Å². The highest BCUT2D eigenvalue weighted by Crippen LogP contribution is 2.22. The molecule has 6 nitrogen and oxygen atoms in total. The van der Waals surface area contributed by atoms with E-state index in [1.165, 1.54) is 0 Å². The van der Waals surface area contributed by atoms with Crippen LogP contribution < -0.4 is 4.74 Å². The highest BCUT2D eigenvalue weighted by molar-refractivity contribution is 6.21. The SMILES string of the molecule is CC(C)COc1ccc(C(=O)OCCN2C(=O)c3ccccc3C2=O)cc1. The minimum absolute atomic E-state index is 0.0215. The molecule has 0 bridgehead atoms. The van der Waals surface area contributed by atoms with Gasteiger partial charge >= 0.3 is 5.97 Å². The molecule has 1 aliphatic heterocycles. The minimum Gasteiger partial charge on any atom is -0.493 e. The third kappa shape index (κ3) is 4.16. The van der Waals surface area contributed by atoms with E-state index in [2.05, 4.69) is 13.8 Å². The quantitative estimate of drug-likeness (QED) is 0.555. The maximum absolute atomic E-state index is 12.3. The first kappa shape index (κ1) is 18.6. The first-order valence-corrected chi connectivity index (χ1v) is 8.82. The van der Waals surface area contributed by atoms with E-state index in [9.17, 15) is 14.4 Å². The Morgan fingerprint density at radius 3 is 2.11 bits per heavy atom. The number of carbonyl (C=O) groups excluding carboxylic acids is 3. The van der Waals surface area contributed by atoms with Crippen LogP contribution >= 0.6 is 0 Å². The summed E-state index contributed by atoms with van der Waals surface area (Å²) in [5.74, 6) is -0.137. The monoisotopic (exact) mass is 367 g/mol. The maximum atomic E-state index is 12.3. The van der Waals surface area contributed by atoms with Crippen LogP contribution in [-0.2, 0) is 4.74 Å².